The minimum Gasteiger partial charge on any atom is -0.337 e. The smallest absolute Gasteiger partial charge is 0.253 e. The van der Waals surface area contributed by atoms with E-state index >= 15 is 0 Å². The van der Waals surface area contributed by atoms with Gasteiger partial charge in [0.25, 0.3) is 5.91 Å². The van der Waals surface area contributed by atoms with E-state index in [0.717, 1.165) is 25.2 Å². The van der Waals surface area contributed by atoms with Crippen molar-refractivity contribution in [3.05, 3.63) is 35.4 Å². The van der Waals surface area contributed by atoms with E-state index in [4.69, 9.17) is 0 Å². The average Bonchev–Trinajstić information content (AvgIpc) is 2.97. The lowest BCUT2D eigenvalue weighted by Gasteiger charge is -2.21. The van der Waals surface area contributed by atoms with Crippen molar-refractivity contribution >= 4 is 5.91 Å². The van der Waals surface area contributed by atoms with Crippen molar-refractivity contribution in [2.24, 2.45) is 5.92 Å². The minimum atomic E-state index is 0.135. The van der Waals surface area contributed by atoms with Crippen LogP contribution in [0.15, 0.2) is 24.3 Å². The van der Waals surface area contributed by atoms with Crippen LogP contribution in [0.3, 0.4) is 0 Å². The lowest BCUT2D eigenvalue weighted by Crippen LogP contribution is -2.34. The molecule has 2 atom stereocenters. The van der Waals surface area contributed by atoms with Gasteiger partial charge in [-0.25, -0.2) is 0 Å². The van der Waals surface area contributed by atoms with E-state index < -0.39 is 0 Å². The number of hydrogen-bond acceptors (Lipinski definition) is 2. The van der Waals surface area contributed by atoms with Crippen LogP contribution in [0.25, 0.3) is 0 Å². The molecule has 2 saturated heterocycles. The molecule has 1 amide bonds. The van der Waals surface area contributed by atoms with E-state index in [1.165, 1.54) is 12.0 Å². The molecule has 0 spiro atoms. The first kappa shape index (κ1) is 13.6. The quantitative estimate of drug-likeness (QED) is 0.851. The molecule has 3 heteroatoms. The summed E-state index contributed by atoms with van der Waals surface area (Å²) in [4.78, 5) is 14.5. The Labute approximate surface area is 121 Å². The second-order valence-corrected chi connectivity index (χ2v) is 7.15. The molecule has 1 aromatic rings. The molecule has 0 saturated carbocycles. The van der Waals surface area contributed by atoms with Crippen LogP contribution >= 0.6 is 0 Å². The highest BCUT2D eigenvalue weighted by Crippen LogP contribution is 2.27. The number of hydrogen-bond donors (Lipinski definition) is 1. The van der Waals surface area contributed by atoms with Crippen LogP contribution in [-0.2, 0) is 5.41 Å². The van der Waals surface area contributed by atoms with Gasteiger partial charge in [-0.1, -0.05) is 32.9 Å². The van der Waals surface area contributed by atoms with Gasteiger partial charge in [0.15, 0.2) is 0 Å². The van der Waals surface area contributed by atoms with Gasteiger partial charge in [-0.3, -0.25) is 4.79 Å². The molecule has 2 heterocycles. The summed E-state index contributed by atoms with van der Waals surface area (Å²) in [6.07, 6.45) is 1.21. The number of fused-ring (bicyclic) bond motifs is 1. The summed E-state index contributed by atoms with van der Waals surface area (Å²) < 4.78 is 0. The Morgan fingerprint density at radius 2 is 1.90 bits per heavy atom. The molecule has 3 nitrogen and oxygen atoms in total. The van der Waals surface area contributed by atoms with E-state index in [0.29, 0.717) is 12.0 Å². The third-order valence-electron chi connectivity index (χ3n) is 4.65. The molecule has 0 bridgehead atoms. The molecular formula is C17H24N2O. The van der Waals surface area contributed by atoms with Gasteiger partial charge in [0.05, 0.1) is 0 Å². The number of amides is 1. The van der Waals surface area contributed by atoms with Crippen molar-refractivity contribution in [3.8, 4) is 0 Å². The molecule has 0 aromatic heterocycles. The maximum atomic E-state index is 12.5. The molecule has 2 aliphatic rings. The minimum absolute atomic E-state index is 0.135. The zero-order chi connectivity index (χ0) is 14.3. The molecule has 2 fully saturated rings. The van der Waals surface area contributed by atoms with Crippen molar-refractivity contribution in [1.29, 1.82) is 0 Å². The van der Waals surface area contributed by atoms with E-state index in [2.05, 4.69) is 38.2 Å². The van der Waals surface area contributed by atoms with Crippen LogP contribution in [-0.4, -0.2) is 36.5 Å². The lowest BCUT2D eigenvalue weighted by atomic mass is 9.86. The Morgan fingerprint density at radius 1 is 1.20 bits per heavy atom. The highest BCUT2D eigenvalue weighted by molar-refractivity contribution is 5.94. The molecule has 3 rings (SSSR count). The Kier molecular flexibility index (Phi) is 3.33. The fraction of sp³-hybridized carbons (Fsp3) is 0.588. The van der Waals surface area contributed by atoms with Gasteiger partial charge in [-0.2, -0.15) is 0 Å². The molecule has 0 radical (unpaired) electrons. The molecule has 0 aliphatic carbocycles. The number of likely N-dealkylation sites (tertiary alicyclic amines) is 1. The monoisotopic (exact) mass is 272 g/mol. The summed E-state index contributed by atoms with van der Waals surface area (Å²) >= 11 is 0. The van der Waals surface area contributed by atoms with Gasteiger partial charge in [0.2, 0.25) is 0 Å². The van der Waals surface area contributed by atoms with Gasteiger partial charge in [-0.15, -0.1) is 0 Å². The van der Waals surface area contributed by atoms with Gasteiger partial charge in [-0.05, 0) is 42.0 Å². The van der Waals surface area contributed by atoms with Gasteiger partial charge in [0, 0.05) is 24.7 Å². The highest BCUT2D eigenvalue weighted by Gasteiger charge is 2.38. The van der Waals surface area contributed by atoms with Gasteiger partial charge < -0.3 is 10.2 Å². The van der Waals surface area contributed by atoms with Crippen LogP contribution in [0.4, 0.5) is 0 Å². The van der Waals surface area contributed by atoms with Crippen molar-refractivity contribution in [1.82, 2.24) is 10.2 Å². The van der Waals surface area contributed by atoms with Crippen LogP contribution in [0, 0.1) is 5.92 Å². The maximum absolute atomic E-state index is 12.5. The van der Waals surface area contributed by atoms with Crippen molar-refractivity contribution in [3.63, 3.8) is 0 Å². The second kappa shape index (κ2) is 4.88. The maximum Gasteiger partial charge on any atom is 0.253 e. The summed E-state index contributed by atoms with van der Waals surface area (Å²) in [6, 6.07) is 8.65. The molecular weight excluding hydrogens is 248 g/mol. The first-order valence-electron chi connectivity index (χ1n) is 7.58. The molecule has 2 aliphatic heterocycles. The number of carbonyl (C=O) groups is 1. The third-order valence-corrected chi connectivity index (χ3v) is 4.65. The van der Waals surface area contributed by atoms with E-state index in [1.54, 1.807) is 0 Å². The van der Waals surface area contributed by atoms with Crippen LogP contribution in [0.1, 0.15) is 43.1 Å². The largest absolute Gasteiger partial charge is 0.337 e. The summed E-state index contributed by atoms with van der Waals surface area (Å²) in [6.45, 7) is 9.46. The van der Waals surface area contributed by atoms with Crippen molar-refractivity contribution in [2.45, 2.75) is 38.6 Å². The Morgan fingerprint density at radius 3 is 2.50 bits per heavy atom. The molecule has 20 heavy (non-hydrogen) atoms. The number of nitrogens with one attached hydrogen (secondary N) is 1. The van der Waals surface area contributed by atoms with E-state index in [-0.39, 0.29) is 11.3 Å². The average molecular weight is 272 g/mol. The summed E-state index contributed by atoms with van der Waals surface area (Å²) in [5.41, 5.74) is 2.22. The van der Waals surface area contributed by atoms with E-state index in [1.807, 2.05) is 17.0 Å². The first-order valence-corrected chi connectivity index (χ1v) is 7.58. The number of carbonyl (C=O) groups excluding carboxylic acids is 1. The topological polar surface area (TPSA) is 32.3 Å². The highest BCUT2D eigenvalue weighted by atomic mass is 16.2. The molecule has 1 N–H and O–H groups in total. The Bertz CT molecular complexity index is 489. The predicted octanol–water partition coefficient (Wildman–Crippen LogP) is 2.42. The fourth-order valence-electron chi connectivity index (χ4n) is 3.31. The van der Waals surface area contributed by atoms with Crippen LogP contribution < -0.4 is 5.32 Å². The third kappa shape index (κ3) is 2.47. The fourth-order valence-corrected chi connectivity index (χ4v) is 3.31. The van der Waals surface area contributed by atoms with Crippen molar-refractivity contribution in [2.75, 3.05) is 19.6 Å². The summed E-state index contributed by atoms with van der Waals surface area (Å²) in [7, 11) is 0. The van der Waals surface area contributed by atoms with E-state index in [9.17, 15) is 4.79 Å². The van der Waals surface area contributed by atoms with Gasteiger partial charge >= 0.3 is 0 Å². The number of rotatable bonds is 1. The van der Waals surface area contributed by atoms with Gasteiger partial charge in [0.1, 0.15) is 0 Å². The normalized spacial score (nSPS) is 25.9. The summed E-state index contributed by atoms with van der Waals surface area (Å²) in [5.74, 6) is 0.842. The summed E-state index contributed by atoms with van der Waals surface area (Å²) in [5, 5.41) is 3.49. The predicted molar refractivity (Wildman–Crippen MR) is 80.9 cm³/mol. The SMILES string of the molecule is CC(C)(C)c1ccc(C(=O)N2C[C@@H]3CCN[C@@H]3C2)cc1. The first-order chi connectivity index (χ1) is 9.45. The molecule has 108 valence electrons. The number of nitrogens with zero attached hydrogens (tertiary/aromatic N) is 1. The zero-order valence-electron chi connectivity index (χ0n) is 12.6. The standard InChI is InChI=1S/C17H24N2O/c1-17(2,3)14-6-4-12(5-7-14)16(20)19-10-13-8-9-18-15(13)11-19/h4-7,13,15,18H,8-11H2,1-3H3/t13-,15+/m0/s1. The Balaban J connectivity index is 1.72. The van der Waals surface area contributed by atoms with Crippen LogP contribution in [0.5, 0.6) is 0 Å². The lowest BCUT2D eigenvalue weighted by molar-refractivity contribution is 0.0782. The van der Waals surface area contributed by atoms with Crippen LogP contribution in [0.2, 0.25) is 0 Å². The zero-order valence-corrected chi connectivity index (χ0v) is 12.6. The van der Waals surface area contributed by atoms with Crippen molar-refractivity contribution < 1.29 is 4.79 Å². The second-order valence-electron chi connectivity index (χ2n) is 7.15. The molecule has 1 aromatic carbocycles. The molecule has 0 unspecified atom stereocenters. The number of benzene rings is 1. The Hall–Kier alpha value is -1.35.